The van der Waals surface area contributed by atoms with Crippen molar-refractivity contribution in [3.8, 4) is 0 Å². The summed E-state index contributed by atoms with van der Waals surface area (Å²) in [5.41, 5.74) is 3.54. The lowest BCUT2D eigenvalue weighted by Gasteiger charge is -2.19. The lowest BCUT2D eigenvalue weighted by atomic mass is 10.1. The molecule has 0 saturated heterocycles. The quantitative estimate of drug-likeness (QED) is 0.559. The van der Waals surface area contributed by atoms with Crippen molar-refractivity contribution in [3.05, 3.63) is 65.2 Å². The van der Waals surface area contributed by atoms with Crippen molar-refractivity contribution < 1.29 is 14.4 Å². The molecule has 2 N–H and O–H groups in total. The molecule has 0 radical (unpaired) electrons. The van der Waals surface area contributed by atoms with Gasteiger partial charge in [0.05, 0.1) is 0 Å². The largest absolute Gasteiger partial charge is 0.344 e. The summed E-state index contributed by atoms with van der Waals surface area (Å²) in [7, 11) is 0. The zero-order valence-electron chi connectivity index (χ0n) is 19.5. The molecule has 2 rings (SSSR count). The molecule has 7 nitrogen and oxygen atoms in total. The minimum Gasteiger partial charge on any atom is -0.344 e. The molecule has 0 bridgehead atoms. The van der Waals surface area contributed by atoms with Crippen molar-refractivity contribution in [1.82, 2.24) is 15.1 Å². The van der Waals surface area contributed by atoms with Gasteiger partial charge in [-0.15, -0.1) is 0 Å². The number of hydrogen-bond acceptors (Lipinski definition) is 4. The van der Waals surface area contributed by atoms with Gasteiger partial charge in [-0.05, 0) is 48.8 Å². The Balaban J connectivity index is 1.87. The molecule has 0 fully saturated rings. The normalized spacial score (nSPS) is 10.7. The smallest absolute Gasteiger partial charge is 0.313 e. The van der Waals surface area contributed by atoms with Crippen molar-refractivity contribution in [3.63, 3.8) is 0 Å². The monoisotopic (exact) mass is 438 g/mol. The molecular weight excluding hydrogens is 404 g/mol. The van der Waals surface area contributed by atoms with Crippen molar-refractivity contribution in [2.75, 3.05) is 25.0 Å². The number of nitrogens with zero attached hydrogens (tertiary/aromatic N) is 2. The van der Waals surface area contributed by atoms with E-state index in [1.54, 1.807) is 23.1 Å². The Kier molecular flexibility index (Phi) is 9.88. The van der Waals surface area contributed by atoms with E-state index in [-0.39, 0.29) is 12.5 Å². The number of hydrogen-bond donors (Lipinski definition) is 2. The average molecular weight is 439 g/mol. The van der Waals surface area contributed by atoms with Gasteiger partial charge >= 0.3 is 11.8 Å². The van der Waals surface area contributed by atoms with Gasteiger partial charge in [0.15, 0.2) is 0 Å². The minimum atomic E-state index is -0.723. The Morgan fingerprint density at radius 1 is 0.781 bits per heavy atom. The molecule has 3 amide bonds. The molecule has 7 heteroatoms. The maximum Gasteiger partial charge on any atom is 0.313 e. The Labute approximate surface area is 190 Å². The molecular formula is C25H34N4O3. The van der Waals surface area contributed by atoms with Crippen LogP contribution in [0.5, 0.6) is 0 Å². The van der Waals surface area contributed by atoms with Crippen LogP contribution in [0, 0.1) is 0 Å². The Morgan fingerprint density at radius 3 is 2.03 bits per heavy atom. The Hall–Kier alpha value is -3.19. The van der Waals surface area contributed by atoms with Gasteiger partial charge in [-0.1, -0.05) is 50.2 Å². The van der Waals surface area contributed by atoms with Crippen molar-refractivity contribution in [2.45, 2.75) is 47.3 Å². The van der Waals surface area contributed by atoms with Crippen LogP contribution in [-0.4, -0.2) is 47.2 Å². The first-order chi connectivity index (χ1) is 15.4. The summed E-state index contributed by atoms with van der Waals surface area (Å²) >= 11 is 0. The zero-order chi connectivity index (χ0) is 23.5. The van der Waals surface area contributed by atoms with Gasteiger partial charge in [-0.3, -0.25) is 19.3 Å². The summed E-state index contributed by atoms with van der Waals surface area (Å²) in [6.45, 7) is 11.9. The zero-order valence-corrected chi connectivity index (χ0v) is 19.5. The van der Waals surface area contributed by atoms with Crippen molar-refractivity contribution >= 4 is 23.4 Å². The number of carbonyl (C=O) groups excluding carboxylic acids is 3. The number of amides is 3. The highest BCUT2D eigenvalue weighted by atomic mass is 16.2. The van der Waals surface area contributed by atoms with Crippen LogP contribution in [0.3, 0.4) is 0 Å². The minimum absolute atomic E-state index is 0.0117. The third-order valence-electron chi connectivity index (χ3n) is 5.37. The summed E-state index contributed by atoms with van der Waals surface area (Å²) in [5.74, 6) is -1.43. The van der Waals surface area contributed by atoms with Crippen LogP contribution in [0.2, 0.25) is 0 Å². The molecule has 0 unspecified atom stereocenters. The first kappa shape index (κ1) is 25.1. The topological polar surface area (TPSA) is 81.8 Å². The molecule has 0 aliphatic rings. The van der Waals surface area contributed by atoms with Gasteiger partial charge in [0.2, 0.25) is 5.91 Å². The predicted octanol–water partition coefficient (Wildman–Crippen LogP) is 3.15. The second-order valence-electron chi connectivity index (χ2n) is 7.65. The molecule has 2 aromatic carbocycles. The molecule has 0 spiro atoms. The highest BCUT2D eigenvalue weighted by Gasteiger charge is 2.14. The third kappa shape index (κ3) is 7.81. The standard InChI is InChI=1S/C25H34N4O3/c1-5-28(6-2)17-21-13-11-20(12-14-21)16-26-24(31)25(32)27-23-10-8-9-22(15-23)18-29(7-3)19(4)30/h8-15H,5-7,16-18H2,1-4H3,(H,26,31)(H,27,32). The van der Waals surface area contributed by atoms with E-state index in [4.69, 9.17) is 0 Å². The van der Waals surface area contributed by atoms with E-state index in [0.717, 1.165) is 30.8 Å². The first-order valence-electron chi connectivity index (χ1n) is 11.1. The van der Waals surface area contributed by atoms with Crippen LogP contribution in [0.15, 0.2) is 48.5 Å². The molecule has 0 atom stereocenters. The molecule has 172 valence electrons. The van der Waals surface area contributed by atoms with Gasteiger partial charge in [-0.25, -0.2) is 0 Å². The fourth-order valence-corrected chi connectivity index (χ4v) is 3.33. The fraction of sp³-hybridized carbons (Fsp3) is 0.400. The van der Waals surface area contributed by atoms with Crippen LogP contribution >= 0.6 is 0 Å². The molecule has 32 heavy (non-hydrogen) atoms. The summed E-state index contributed by atoms with van der Waals surface area (Å²) in [6.07, 6.45) is 0. The van der Waals surface area contributed by atoms with Crippen LogP contribution in [0.25, 0.3) is 0 Å². The van der Waals surface area contributed by atoms with E-state index in [1.807, 2.05) is 37.3 Å². The van der Waals surface area contributed by atoms with E-state index in [2.05, 4.69) is 29.4 Å². The van der Waals surface area contributed by atoms with E-state index >= 15 is 0 Å². The van der Waals surface area contributed by atoms with E-state index in [1.165, 1.54) is 12.5 Å². The Morgan fingerprint density at radius 2 is 1.44 bits per heavy atom. The maximum atomic E-state index is 12.3. The third-order valence-corrected chi connectivity index (χ3v) is 5.37. The summed E-state index contributed by atoms with van der Waals surface area (Å²) in [6, 6.07) is 15.2. The number of nitrogens with one attached hydrogen (secondary N) is 2. The number of anilines is 1. The van der Waals surface area contributed by atoms with Crippen LogP contribution in [0.4, 0.5) is 5.69 Å². The number of carbonyl (C=O) groups is 3. The molecule has 0 aliphatic heterocycles. The maximum absolute atomic E-state index is 12.3. The van der Waals surface area contributed by atoms with E-state index in [0.29, 0.717) is 18.8 Å². The second-order valence-corrected chi connectivity index (χ2v) is 7.65. The predicted molar refractivity (Wildman–Crippen MR) is 127 cm³/mol. The SMILES string of the molecule is CCN(CC)Cc1ccc(CNC(=O)C(=O)Nc2cccc(CN(CC)C(C)=O)c2)cc1. The molecule has 0 aromatic heterocycles. The summed E-state index contributed by atoms with van der Waals surface area (Å²) in [4.78, 5) is 40.1. The van der Waals surface area contributed by atoms with Gasteiger partial charge in [0.25, 0.3) is 0 Å². The first-order valence-corrected chi connectivity index (χ1v) is 11.1. The van der Waals surface area contributed by atoms with E-state index in [9.17, 15) is 14.4 Å². The van der Waals surface area contributed by atoms with Crippen LogP contribution in [0.1, 0.15) is 44.4 Å². The Bertz CT molecular complexity index is 908. The van der Waals surface area contributed by atoms with Gasteiger partial charge in [-0.2, -0.15) is 0 Å². The van der Waals surface area contributed by atoms with Gasteiger partial charge in [0.1, 0.15) is 0 Å². The summed E-state index contributed by atoms with van der Waals surface area (Å²) in [5, 5.41) is 5.28. The molecule has 0 saturated carbocycles. The number of rotatable bonds is 10. The second kappa shape index (κ2) is 12.6. The van der Waals surface area contributed by atoms with Crippen LogP contribution in [-0.2, 0) is 34.0 Å². The fourth-order valence-electron chi connectivity index (χ4n) is 3.33. The highest BCUT2D eigenvalue weighted by molar-refractivity contribution is 6.39. The van der Waals surface area contributed by atoms with Crippen LogP contribution < -0.4 is 10.6 Å². The lowest BCUT2D eigenvalue weighted by Crippen LogP contribution is -2.35. The van der Waals surface area contributed by atoms with Crippen molar-refractivity contribution in [2.24, 2.45) is 0 Å². The number of benzene rings is 2. The molecule has 0 heterocycles. The van der Waals surface area contributed by atoms with Gasteiger partial charge < -0.3 is 15.5 Å². The van der Waals surface area contributed by atoms with Crippen molar-refractivity contribution in [1.29, 1.82) is 0 Å². The average Bonchev–Trinajstić information content (AvgIpc) is 2.80. The summed E-state index contributed by atoms with van der Waals surface area (Å²) < 4.78 is 0. The highest BCUT2D eigenvalue weighted by Crippen LogP contribution is 2.13. The van der Waals surface area contributed by atoms with E-state index < -0.39 is 11.8 Å². The lowest BCUT2D eigenvalue weighted by molar-refractivity contribution is -0.136. The molecule has 0 aliphatic carbocycles. The molecule has 2 aromatic rings. The van der Waals surface area contributed by atoms with Gasteiger partial charge in [0, 0.05) is 38.8 Å².